The largest absolute Gasteiger partial charge is 0.416 e. The first kappa shape index (κ1) is 13.8. The van der Waals surface area contributed by atoms with Crippen molar-refractivity contribution in [3.8, 4) is 0 Å². The van der Waals surface area contributed by atoms with Gasteiger partial charge in [-0.25, -0.2) is 0 Å². The second kappa shape index (κ2) is 5.87. The van der Waals surface area contributed by atoms with Crippen LogP contribution >= 0.6 is 0 Å². The van der Waals surface area contributed by atoms with Crippen molar-refractivity contribution in [3.05, 3.63) is 0 Å². The molecule has 0 aromatic carbocycles. The van der Waals surface area contributed by atoms with Crippen LogP contribution in [0, 0.1) is 5.92 Å². The van der Waals surface area contributed by atoms with Crippen LogP contribution in [0.5, 0.6) is 0 Å². The van der Waals surface area contributed by atoms with E-state index in [4.69, 9.17) is 10.5 Å². The van der Waals surface area contributed by atoms with E-state index in [9.17, 15) is 13.2 Å². The molecule has 0 bridgehead atoms. The van der Waals surface area contributed by atoms with E-state index in [2.05, 4.69) is 0 Å². The fraction of sp³-hybridized carbons (Fsp3) is 1.00. The Hall–Kier alpha value is -0.290. The van der Waals surface area contributed by atoms with Crippen LogP contribution in [0.2, 0.25) is 0 Å². The molecule has 2 atom stereocenters. The molecule has 0 saturated heterocycles. The maximum Gasteiger partial charge on any atom is 0.416 e. The minimum absolute atomic E-state index is 0.186. The number of hydrogen-bond donors (Lipinski definition) is 1. The molecule has 1 saturated carbocycles. The average Bonchev–Trinajstić information content (AvgIpc) is 2.17. The molecule has 0 spiro atoms. The normalized spacial score (nSPS) is 23.1. The molecule has 16 heavy (non-hydrogen) atoms. The van der Waals surface area contributed by atoms with E-state index in [0.717, 1.165) is 25.7 Å². The van der Waals surface area contributed by atoms with Crippen molar-refractivity contribution in [2.45, 2.75) is 57.3 Å². The molecule has 1 rings (SSSR count). The zero-order valence-electron chi connectivity index (χ0n) is 9.59. The Labute approximate surface area is 94.3 Å². The summed E-state index contributed by atoms with van der Waals surface area (Å²) in [4.78, 5) is 0. The van der Waals surface area contributed by atoms with E-state index in [-0.39, 0.29) is 12.5 Å². The standard InChI is InChI=1S/C11H20F3NO/c1-8(15)10(11(12,13)14)16-7-9-5-3-2-4-6-9/h8-10H,2-7,15H2,1H3. The Morgan fingerprint density at radius 1 is 1.25 bits per heavy atom. The molecule has 2 unspecified atom stereocenters. The van der Waals surface area contributed by atoms with E-state index in [0.29, 0.717) is 0 Å². The molecule has 2 N–H and O–H groups in total. The van der Waals surface area contributed by atoms with Crippen molar-refractivity contribution < 1.29 is 17.9 Å². The Morgan fingerprint density at radius 2 is 1.81 bits per heavy atom. The highest BCUT2D eigenvalue weighted by Gasteiger charge is 2.43. The van der Waals surface area contributed by atoms with E-state index >= 15 is 0 Å². The van der Waals surface area contributed by atoms with E-state index in [1.807, 2.05) is 0 Å². The molecule has 5 heteroatoms. The topological polar surface area (TPSA) is 35.2 Å². The lowest BCUT2D eigenvalue weighted by Gasteiger charge is -2.28. The minimum atomic E-state index is -4.36. The van der Waals surface area contributed by atoms with Gasteiger partial charge in [0.15, 0.2) is 6.10 Å². The maximum absolute atomic E-state index is 12.5. The number of ether oxygens (including phenoxy) is 1. The second-order valence-corrected chi connectivity index (χ2v) is 4.66. The van der Waals surface area contributed by atoms with Gasteiger partial charge < -0.3 is 10.5 Å². The molecule has 0 heterocycles. The molecule has 1 aliphatic carbocycles. The third-order valence-electron chi connectivity index (χ3n) is 3.04. The number of halogens is 3. The zero-order valence-corrected chi connectivity index (χ0v) is 9.59. The lowest BCUT2D eigenvalue weighted by atomic mass is 9.90. The van der Waals surface area contributed by atoms with E-state index < -0.39 is 18.3 Å². The van der Waals surface area contributed by atoms with Gasteiger partial charge in [0.05, 0.1) is 6.61 Å². The van der Waals surface area contributed by atoms with Gasteiger partial charge in [0, 0.05) is 6.04 Å². The quantitative estimate of drug-likeness (QED) is 0.818. The summed E-state index contributed by atoms with van der Waals surface area (Å²) >= 11 is 0. The van der Waals surface area contributed by atoms with Crippen LogP contribution in [0.1, 0.15) is 39.0 Å². The van der Waals surface area contributed by atoms with Crippen molar-refractivity contribution in [2.24, 2.45) is 11.7 Å². The van der Waals surface area contributed by atoms with Gasteiger partial charge in [-0.1, -0.05) is 19.3 Å². The molecule has 0 radical (unpaired) electrons. The molecule has 1 fully saturated rings. The lowest BCUT2D eigenvalue weighted by Crippen LogP contribution is -2.46. The van der Waals surface area contributed by atoms with Gasteiger partial charge in [0.1, 0.15) is 0 Å². The average molecular weight is 239 g/mol. The number of alkyl halides is 3. The Bertz CT molecular complexity index is 200. The van der Waals surface area contributed by atoms with Gasteiger partial charge in [-0.05, 0) is 25.7 Å². The van der Waals surface area contributed by atoms with Gasteiger partial charge in [-0.2, -0.15) is 13.2 Å². The van der Waals surface area contributed by atoms with Crippen molar-refractivity contribution in [2.75, 3.05) is 6.61 Å². The summed E-state index contributed by atoms with van der Waals surface area (Å²) in [7, 11) is 0. The van der Waals surface area contributed by atoms with Crippen molar-refractivity contribution in [1.82, 2.24) is 0 Å². The van der Waals surface area contributed by atoms with Gasteiger partial charge in [0.2, 0.25) is 0 Å². The van der Waals surface area contributed by atoms with Crippen LogP contribution in [-0.4, -0.2) is 24.9 Å². The third kappa shape index (κ3) is 4.29. The highest BCUT2D eigenvalue weighted by Crippen LogP contribution is 2.28. The van der Waals surface area contributed by atoms with Gasteiger partial charge >= 0.3 is 6.18 Å². The summed E-state index contributed by atoms with van der Waals surface area (Å²) in [5.74, 6) is 0.275. The van der Waals surface area contributed by atoms with Crippen LogP contribution in [0.25, 0.3) is 0 Å². The van der Waals surface area contributed by atoms with Gasteiger partial charge in [-0.15, -0.1) is 0 Å². The Balaban J connectivity index is 2.37. The van der Waals surface area contributed by atoms with Crippen molar-refractivity contribution in [1.29, 1.82) is 0 Å². The summed E-state index contributed by atoms with van der Waals surface area (Å²) in [5.41, 5.74) is 5.29. The first-order chi connectivity index (χ1) is 7.41. The first-order valence-corrected chi connectivity index (χ1v) is 5.85. The molecule has 0 amide bonds. The second-order valence-electron chi connectivity index (χ2n) is 4.66. The molecule has 96 valence electrons. The highest BCUT2D eigenvalue weighted by atomic mass is 19.4. The van der Waals surface area contributed by atoms with Crippen molar-refractivity contribution >= 4 is 0 Å². The Kier molecular flexibility index (Phi) is 5.05. The first-order valence-electron chi connectivity index (χ1n) is 5.85. The van der Waals surface area contributed by atoms with Gasteiger partial charge in [0.25, 0.3) is 0 Å². The molecule has 2 nitrogen and oxygen atoms in total. The number of hydrogen-bond acceptors (Lipinski definition) is 2. The molecule has 1 aliphatic rings. The molecule has 0 aliphatic heterocycles. The predicted octanol–water partition coefficient (Wildman–Crippen LogP) is 2.86. The van der Waals surface area contributed by atoms with Crippen LogP contribution in [0.4, 0.5) is 13.2 Å². The summed E-state index contributed by atoms with van der Waals surface area (Å²) in [6, 6.07) is -1.01. The lowest BCUT2D eigenvalue weighted by molar-refractivity contribution is -0.228. The summed E-state index contributed by atoms with van der Waals surface area (Å²) in [5, 5.41) is 0. The predicted molar refractivity (Wildman–Crippen MR) is 56.0 cm³/mol. The van der Waals surface area contributed by atoms with Gasteiger partial charge in [-0.3, -0.25) is 0 Å². The molecule has 0 aromatic heterocycles. The number of nitrogens with two attached hydrogens (primary N) is 1. The minimum Gasteiger partial charge on any atom is -0.367 e. The summed E-state index contributed by atoms with van der Waals surface area (Å²) < 4.78 is 42.5. The fourth-order valence-corrected chi connectivity index (χ4v) is 2.14. The van der Waals surface area contributed by atoms with Crippen LogP contribution in [0.3, 0.4) is 0 Å². The zero-order chi connectivity index (χ0) is 12.2. The monoisotopic (exact) mass is 239 g/mol. The van der Waals surface area contributed by atoms with E-state index in [1.54, 1.807) is 0 Å². The Morgan fingerprint density at radius 3 is 2.25 bits per heavy atom. The molecule has 0 aromatic rings. The van der Waals surface area contributed by atoms with Crippen LogP contribution in [0.15, 0.2) is 0 Å². The van der Waals surface area contributed by atoms with Crippen LogP contribution < -0.4 is 5.73 Å². The highest BCUT2D eigenvalue weighted by molar-refractivity contribution is 4.77. The SMILES string of the molecule is CC(N)C(OCC1CCCCC1)C(F)(F)F. The van der Waals surface area contributed by atoms with E-state index in [1.165, 1.54) is 13.3 Å². The smallest absolute Gasteiger partial charge is 0.367 e. The summed E-state index contributed by atoms with van der Waals surface area (Å²) in [6.45, 7) is 1.52. The van der Waals surface area contributed by atoms with Crippen LogP contribution in [-0.2, 0) is 4.74 Å². The van der Waals surface area contributed by atoms with Crippen molar-refractivity contribution in [3.63, 3.8) is 0 Å². The fourth-order valence-electron chi connectivity index (χ4n) is 2.14. The molecular formula is C11H20F3NO. The third-order valence-corrected chi connectivity index (χ3v) is 3.04. The maximum atomic E-state index is 12.5. The number of rotatable bonds is 4. The summed E-state index contributed by atoms with van der Waals surface area (Å²) in [6.07, 6.45) is -0.844. The molecular weight excluding hydrogens is 219 g/mol.